The van der Waals surface area contributed by atoms with E-state index >= 15 is 0 Å². The Morgan fingerprint density at radius 2 is 1.82 bits per heavy atom. The third-order valence-electron chi connectivity index (χ3n) is 3.98. The summed E-state index contributed by atoms with van der Waals surface area (Å²) in [5, 5.41) is 0. The smallest absolute Gasteiger partial charge is 0.202 e. The molecule has 1 aromatic carbocycles. The molecule has 90 valence electrons. The Hall–Kier alpha value is -1.09. The number of rotatable bonds is 2. The van der Waals surface area contributed by atoms with E-state index in [0.29, 0.717) is 21.6 Å². The molecule has 0 aromatic heterocycles. The molecule has 1 aromatic rings. The van der Waals surface area contributed by atoms with Gasteiger partial charge < -0.3 is 0 Å². The Balaban J connectivity index is 1.95. The molecule has 0 radical (unpaired) electrons. The summed E-state index contributed by atoms with van der Waals surface area (Å²) in [4.78, 5) is 1.09. The third-order valence-corrected chi connectivity index (χ3v) is 5.87. The molecule has 0 bridgehead atoms. The van der Waals surface area contributed by atoms with E-state index in [-0.39, 0.29) is 0 Å². The van der Waals surface area contributed by atoms with E-state index in [1.807, 2.05) is 12.1 Å². The molecule has 2 unspecified atom stereocenters. The molecule has 0 spiro atoms. The second-order valence-corrected chi connectivity index (χ2v) is 7.01. The topological polar surface area (TPSA) is 34.1 Å². The first-order chi connectivity index (χ1) is 8.18. The normalized spacial score (nSPS) is 27.9. The Bertz CT molecular complexity index is 543. The Labute approximate surface area is 102 Å². The van der Waals surface area contributed by atoms with Gasteiger partial charge in [0.25, 0.3) is 0 Å². The van der Waals surface area contributed by atoms with Crippen LogP contribution in [0.25, 0.3) is 0 Å². The fourth-order valence-corrected chi connectivity index (χ4v) is 4.66. The van der Waals surface area contributed by atoms with Crippen LogP contribution in [0.3, 0.4) is 0 Å². The molecule has 2 aliphatic carbocycles. The molecule has 0 N–H and O–H groups in total. The second-order valence-electron chi connectivity index (χ2n) is 5.01. The van der Waals surface area contributed by atoms with E-state index < -0.39 is 9.84 Å². The van der Waals surface area contributed by atoms with Gasteiger partial charge in [0.05, 0.1) is 4.90 Å². The molecule has 1 saturated carbocycles. The summed E-state index contributed by atoms with van der Waals surface area (Å²) >= 11 is 0. The van der Waals surface area contributed by atoms with Gasteiger partial charge in [0.2, 0.25) is 9.84 Å². The molecule has 1 fully saturated rings. The van der Waals surface area contributed by atoms with Crippen molar-refractivity contribution < 1.29 is 8.42 Å². The van der Waals surface area contributed by atoms with E-state index in [1.54, 1.807) is 24.3 Å². The van der Waals surface area contributed by atoms with Crippen molar-refractivity contribution in [3.05, 3.63) is 41.3 Å². The monoisotopic (exact) mass is 248 g/mol. The summed E-state index contributed by atoms with van der Waals surface area (Å²) in [5.41, 5.74) is 0. The van der Waals surface area contributed by atoms with Gasteiger partial charge >= 0.3 is 0 Å². The van der Waals surface area contributed by atoms with Crippen LogP contribution >= 0.6 is 0 Å². The van der Waals surface area contributed by atoms with Crippen LogP contribution < -0.4 is 0 Å². The zero-order valence-electron chi connectivity index (χ0n) is 9.67. The molecule has 0 aliphatic heterocycles. The van der Waals surface area contributed by atoms with Crippen LogP contribution in [0.5, 0.6) is 0 Å². The van der Waals surface area contributed by atoms with Gasteiger partial charge in [0.1, 0.15) is 0 Å². The predicted octanol–water partition coefficient (Wildman–Crippen LogP) is 3.16. The maximum Gasteiger partial charge on any atom is 0.202 e. The predicted molar refractivity (Wildman–Crippen MR) is 67.2 cm³/mol. The van der Waals surface area contributed by atoms with E-state index in [4.69, 9.17) is 0 Å². The minimum atomic E-state index is -3.22. The molecular formula is C14H16O2S. The molecule has 0 saturated heterocycles. The number of hydrogen-bond acceptors (Lipinski definition) is 2. The Kier molecular flexibility index (Phi) is 2.58. The number of benzene rings is 1. The molecule has 17 heavy (non-hydrogen) atoms. The Morgan fingerprint density at radius 1 is 1.06 bits per heavy atom. The first-order valence-electron chi connectivity index (χ1n) is 6.19. The van der Waals surface area contributed by atoms with E-state index in [0.717, 1.165) is 6.42 Å². The average molecular weight is 248 g/mol. The van der Waals surface area contributed by atoms with Crippen molar-refractivity contribution in [2.24, 2.45) is 11.8 Å². The fraction of sp³-hybridized carbons (Fsp3) is 0.429. The highest BCUT2D eigenvalue weighted by Gasteiger charge is 2.36. The largest absolute Gasteiger partial charge is 0.219 e. The standard InChI is InChI=1S/C14H16O2S/c15-17(16,13-7-2-1-3-8-13)14-9-11-5-4-6-12(11)10-14/h1-3,7-9,11-12H,4-6,10H2. The summed E-state index contributed by atoms with van der Waals surface area (Å²) in [6, 6.07) is 8.78. The van der Waals surface area contributed by atoms with E-state index in [9.17, 15) is 8.42 Å². The Morgan fingerprint density at radius 3 is 2.53 bits per heavy atom. The molecule has 2 nitrogen and oxygen atoms in total. The van der Waals surface area contributed by atoms with Crippen molar-refractivity contribution in [1.29, 1.82) is 0 Å². The van der Waals surface area contributed by atoms with Gasteiger partial charge in [-0.1, -0.05) is 30.7 Å². The van der Waals surface area contributed by atoms with Crippen molar-refractivity contribution in [3.63, 3.8) is 0 Å². The van der Waals surface area contributed by atoms with Gasteiger partial charge in [-0.3, -0.25) is 0 Å². The lowest BCUT2D eigenvalue weighted by Gasteiger charge is -2.08. The summed E-state index contributed by atoms with van der Waals surface area (Å²) in [7, 11) is -3.22. The number of fused-ring (bicyclic) bond motifs is 1. The third kappa shape index (κ3) is 1.82. The fourth-order valence-electron chi connectivity index (χ4n) is 3.05. The number of allylic oxidation sites excluding steroid dienone is 2. The average Bonchev–Trinajstić information content (AvgIpc) is 2.90. The van der Waals surface area contributed by atoms with Crippen molar-refractivity contribution in [3.8, 4) is 0 Å². The van der Waals surface area contributed by atoms with E-state index in [1.165, 1.54) is 19.3 Å². The first-order valence-corrected chi connectivity index (χ1v) is 7.67. The minimum Gasteiger partial charge on any atom is -0.219 e. The molecule has 2 atom stereocenters. The molecular weight excluding hydrogens is 232 g/mol. The van der Waals surface area contributed by atoms with Crippen LogP contribution in [0.4, 0.5) is 0 Å². The van der Waals surface area contributed by atoms with Gasteiger partial charge in [0, 0.05) is 4.91 Å². The molecule has 3 heteroatoms. The first kappa shape index (κ1) is 11.0. The molecule has 0 amide bonds. The molecule has 2 aliphatic rings. The van der Waals surface area contributed by atoms with E-state index in [2.05, 4.69) is 0 Å². The van der Waals surface area contributed by atoms with Crippen LogP contribution in [-0.4, -0.2) is 8.42 Å². The zero-order valence-corrected chi connectivity index (χ0v) is 10.5. The van der Waals surface area contributed by atoms with Crippen LogP contribution in [0.1, 0.15) is 25.7 Å². The van der Waals surface area contributed by atoms with Gasteiger partial charge in [-0.15, -0.1) is 0 Å². The second kappa shape index (κ2) is 3.98. The number of sulfone groups is 1. The number of hydrogen-bond donors (Lipinski definition) is 0. The van der Waals surface area contributed by atoms with Gasteiger partial charge in [-0.2, -0.15) is 0 Å². The van der Waals surface area contributed by atoms with Crippen LogP contribution in [0.2, 0.25) is 0 Å². The van der Waals surface area contributed by atoms with Crippen molar-refractivity contribution in [1.82, 2.24) is 0 Å². The summed E-state index contributed by atoms with van der Waals surface area (Å²) < 4.78 is 24.8. The quantitative estimate of drug-likeness (QED) is 0.805. The SMILES string of the molecule is O=S(=O)(C1=CC2CCCC2C1)c1ccccc1. The highest BCUT2D eigenvalue weighted by molar-refractivity contribution is 7.95. The minimum absolute atomic E-state index is 0.436. The van der Waals surface area contributed by atoms with Crippen molar-refractivity contribution in [2.45, 2.75) is 30.6 Å². The summed E-state index contributed by atoms with van der Waals surface area (Å²) in [5.74, 6) is 1.10. The molecule has 3 rings (SSSR count). The highest BCUT2D eigenvalue weighted by atomic mass is 32.2. The molecule has 0 heterocycles. The lowest BCUT2D eigenvalue weighted by Crippen LogP contribution is -2.04. The van der Waals surface area contributed by atoms with Gasteiger partial charge in [-0.05, 0) is 43.2 Å². The van der Waals surface area contributed by atoms with Crippen LogP contribution in [0, 0.1) is 11.8 Å². The van der Waals surface area contributed by atoms with Crippen LogP contribution in [0.15, 0.2) is 46.2 Å². The zero-order chi connectivity index (χ0) is 11.9. The summed E-state index contributed by atoms with van der Waals surface area (Å²) in [6.07, 6.45) is 6.37. The highest BCUT2D eigenvalue weighted by Crippen LogP contribution is 2.45. The lowest BCUT2D eigenvalue weighted by atomic mass is 10.0. The van der Waals surface area contributed by atoms with Gasteiger partial charge in [0.15, 0.2) is 0 Å². The maximum atomic E-state index is 12.4. The van der Waals surface area contributed by atoms with Crippen LogP contribution in [-0.2, 0) is 9.84 Å². The van der Waals surface area contributed by atoms with Crippen molar-refractivity contribution in [2.75, 3.05) is 0 Å². The summed E-state index contributed by atoms with van der Waals surface area (Å²) in [6.45, 7) is 0. The lowest BCUT2D eigenvalue weighted by molar-refractivity contribution is 0.493. The van der Waals surface area contributed by atoms with Gasteiger partial charge in [-0.25, -0.2) is 8.42 Å². The van der Waals surface area contributed by atoms with Crippen molar-refractivity contribution >= 4 is 9.84 Å². The maximum absolute atomic E-state index is 12.4.